The Morgan fingerprint density at radius 2 is 2.06 bits per heavy atom. The molecule has 1 aromatic carbocycles. The van der Waals surface area contributed by atoms with Crippen molar-refractivity contribution >= 4 is 22.6 Å². The van der Waals surface area contributed by atoms with Crippen molar-refractivity contribution in [3.05, 3.63) is 29.5 Å². The van der Waals surface area contributed by atoms with Crippen LogP contribution in [0, 0.1) is 0 Å². The largest absolute Gasteiger partial charge is 0.475 e. The van der Waals surface area contributed by atoms with Gasteiger partial charge >= 0.3 is 5.97 Å². The van der Waals surface area contributed by atoms with E-state index in [1.165, 1.54) is 18.4 Å². The van der Waals surface area contributed by atoms with Crippen LogP contribution in [0.2, 0.25) is 0 Å². The van der Waals surface area contributed by atoms with Gasteiger partial charge in [0.1, 0.15) is 5.58 Å². The minimum Gasteiger partial charge on any atom is -0.475 e. The number of fused-ring (bicyclic) bond motifs is 1. The van der Waals surface area contributed by atoms with Gasteiger partial charge in [-0.15, -0.1) is 0 Å². The van der Waals surface area contributed by atoms with Crippen molar-refractivity contribution in [1.82, 2.24) is 0 Å². The molecule has 0 saturated heterocycles. The van der Waals surface area contributed by atoms with Crippen molar-refractivity contribution in [2.45, 2.75) is 18.8 Å². The fourth-order valence-corrected chi connectivity index (χ4v) is 2.27. The highest BCUT2D eigenvalue weighted by atomic mass is 16.4. The first kappa shape index (κ1) is 11.1. The number of hydrogen-bond acceptors (Lipinski definition) is 3. The van der Waals surface area contributed by atoms with Crippen LogP contribution in [0.25, 0.3) is 11.0 Å². The molecule has 0 radical (unpaired) electrons. The van der Waals surface area contributed by atoms with Crippen LogP contribution in [0.5, 0.6) is 0 Å². The Kier molecular flexibility index (Phi) is 2.33. The van der Waals surface area contributed by atoms with E-state index >= 15 is 0 Å². The van der Waals surface area contributed by atoms with Crippen LogP contribution in [-0.2, 0) is 0 Å². The van der Waals surface area contributed by atoms with Crippen LogP contribution in [-0.4, -0.2) is 25.2 Å². The van der Waals surface area contributed by atoms with Crippen LogP contribution < -0.4 is 4.90 Å². The quantitative estimate of drug-likeness (QED) is 0.902. The summed E-state index contributed by atoms with van der Waals surface area (Å²) in [6, 6.07) is 5.72. The van der Waals surface area contributed by atoms with Crippen molar-refractivity contribution in [2.75, 3.05) is 19.0 Å². The van der Waals surface area contributed by atoms with Gasteiger partial charge in [-0.2, -0.15) is 0 Å². The van der Waals surface area contributed by atoms with Gasteiger partial charge in [-0.05, 0) is 36.5 Å². The maximum Gasteiger partial charge on any atom is 0.371 e. The van der Waals surface area contributed by atoms with Crippen LogP contribution in [0.1, 0.15) is 34.9 Å². The van der Waals surface area contributed by atoms with Crippen molar-refractivity contribution < 1.29 is 14.3 Å². The lowest BCUT2D eigenvalue weighted by atomic mass is 10.1. The highest BCUT2D eigenvalue weighted by Crippen LogP contribution is 2.43. The van der Waals surface area contributed by atoms with Gasteiger partial charge in [0.05, 0.1) is 0 Å². The number of carboxylic acids is 1. The molecule has 0 amide bonds. The molecule has 4 heteroatoms. The summed E-state index contributed by atoms with van der Waals surface area (Å²) in [5, 5.41) is 9.86. The van der Waals surface area contributed by atoms with E-state index in [4.69, 9.17) is 9.52 Å². The number of benzene rings is 1. The molecule has 0 bridgehead atoms. The molecule has 1 aromatic heterocycles. The number of carbonyl (C=O) groups is 1. The number of rotatable bonds is 3. The van der Waals surface area contributed by atoms with Crippen LogP contribution >= 0.6 is 0 Å². The third-order valence-corrected chi connectivity index (χ3v) is 3.38. The molecule has 1 heterocycles. The lowest BCUT2D eigenvalue weighted by Gasteiger charge is -2.14. The maximum absolute atomic E-state index is 11.0. The van der Waals surface area contributed by atoms with E-state index in [-0.39, 0.29) is 5.76 Å². The Morgan fingerprint density at radius 1 is 1.33 bits per heavy atom. The van der Waals surface area contributed by atoms with Crippen LogP contribution in [0.3, 0.4) is 0 Å². The molecule has 3 rings (SSSR count). The third-order valence-electron chi connectivity index (χ3n) is 3.38. The lowest BCUT2D eigenvalue weighted by Crippen LogP contribution is -2.09. The van der Waals surface area contributed by atoms with Gasteiger partial charge < -0.3 is 14.4 Å². The smallest absolute Gasteiger partial charge is 0.371 e. The van der Waals surface area contributed by atoms with Gasteiger partial charge in [-0.3, -0.25) is 0 Å². The third kappa shape index (κ3) is 1.74. The first-order valence-corrected chi connectivity index (χ1v) is 6.04. The standard InChI is InChI=1S/C14H15NO3/c1-15(2)11-5-9(8-3-4-8)6-12-10(11)7-13(18-12)14(16)17/h5-8H,3-4H2,1-2H3,(H,16,17). The van der Waals surface area contributed by atoms with Crippen molar-refractivity contribution in [1.29, 1.82) is 0 Å². The number of aromatic carboxylic acids is 1. The molecular formula is C14H15NO3. The SMILES string of the molecule is CN(C)c1cc(C2CC2)cc2oc(C(=O)O)cc12. The highest BCUT2D eigenvalue weighted by Gasteiger charge is 2.26. The Morgan fingerprint density at radius 3 is 2.61 bits per heavy atom. The molecule has 2 aromatic rings. The average molecular weight is 245 g/mol. The minimum absolute atomic E-state index is 0.000969. The molecule has 1 aliphatic carbocycles. The molecule has 18 heavy (non-hydrogen) atoms. The summed E-state index contributed by atoms with van der Waals surface area (Å²) in [6.07, 6.45) is 2.43. The Hall–Kier alpha value is -1.97. The van der Waals surface area contributed by atoms with Crippen LogP contribution in [0.15, 0.2) is 22.6 Å². The fraction of sp³-hybridized carbons (Fsp3) is 0.357. The molecule has 1 aliphatic rings. The summed E-state index contributed by atoms with van der Waals surface area (Å²) in [6.45, 7) is 0. The Labute approximate surface area is 105 Å². The van der Waals surface area contributed by atoms with E-state index in [0.717, 1.165) is 11.1 Å². The molecular weight excluding hydrogens is 230 g/mol. The second-order valence-corrected chi connectivity index (χ2v) is 5.04. The maximum atomic E-state index is 11.0. The summed E-state index contributed by atoms with van der Waals surface area (Å²) >= 11 is 0. The van der Waals surface area contributed by atoms with Crippen molar-refractivity contribution in [3.63, 3.8) is 0 Å². The predicted octanol–water partition coefficient (Wildman–Crippen LogP) is 3.07. The van der Waals surface area contributed by atoms with Crippen LogP contribution in [0.4, 0.5) is 5.69 Å². The molecule has 1 N–H and O–H groups in total. The van der Waals surface area contributed by atoms with Gasteiger partial charge in [0.25, 0.3) is 0 Å². The number of anilines is 1. The summed E-state index contributed by atoms with van der Waals surface area (Å²) in [5.74, 6) is -0.406. The topological polar surface area (TPSA) is 53.7 Å². The number of furan rings is 1. The number of hydrogen-bond donors (Lipinski definition) is 1. The lowest BCUT2D eigenvalue weighted by molar-refractivity contribution is 0.0665. The summed E-state index contributed by atoms with van der Waals surface area (Å²) in [5.41, 5.74) is 2.93. The highest BCUT2D eigenvalue weighted by molar-refractivity contribution is 5.97. The summed E-state index contributed by atoms with van der Waals surface area (Å²) < 4.78 is 5.41. The minimum atomic E-state index is -1.02. The van der Waals surface area contributed by atoms with Gasteiger partial charge in [0.2, 0.25) is 5.76 Å². The molecule has 0 spiro atoms. The first-order chi connectivity index (χ1) is 8.56. The molecule has 1 saturated carbocycles. The van der Waals surface area contributed by atoms with Gasteiger partial charge in [-0.25, -0.2) is 4.79 Å². The molecule has 0 aliphatic heterocycles. The molecule has 94 valence electrons. The molecule has 0 unspecified atom stereocenters. The molecule has 4 nitrogen and oxygen atoms in total. The Balaban J connectivity index is 2.23. The summed E-state index contributed by atoms with van der Waals surface area (Å²) in [7, 11) is 3.91. The monoisotopic (exact) mass is 245 g/mol. The van der Waals surface area contributed by atoms with E-state index in [1.54, 1.807) is 6.07 Å². The zero-order valence-electron chi connectivity index (χ0n) is 10.4. The second kappa shape index (κ2) is 3.77. The average Bonchev–Trinajstić information content (AvgIpc) is 3.06. The van der Waals surface area contributed by atoms with Gasteiger partial charge in [0, 0.05) is 31.2 Å². The van der Waals surface area contributed by atoms with E-state index in [0.29, 0.717) is 11.5 Å². The van der Waals surface area contributed by atoms with Crippen molar-refractivity contribution in [3.8, 4) is 0 Å². The first-order valence-electron chi connectivity index (χ1n) is 6.04. The second-order valence-electron chi connectivity index (χ2n) is 5.04. The van der Waals surface area contributed by atoms with Gasteiger partial charge in [-0.1, -0.05) is 0 Å². The van der Waals surface area contributed by atoms with E-state index in [1.807, 2.05) is 25.1 Å². The zero-order valence-corrected chi connectivity index (χ0v) is 10.4. The van der Waals surface area contributed by atoms with Gasteiger partial charge in [0.15, 0.2) is 0 Å². The number of nitrogens with zero attached hydrogens (tertiary/aromatic N) is 1. The normalized spacial score (nSPS) is 15.0. The van der Waals surface area contributed by atoms with E-state index in [2.05, 4.69) is 6.07 Å². The van der Waals surface area contributed by atoms with Crippen molar-refractivity contribution in [2.24, 2.45) is 0 Å². The van der Waals surface area contributed by atoms with E-state index < -0.39 is 5.97 Å². The molecule has 0 atom stereocenters. The van der Waals surface area contributed by atoms with E-state index in [9.17, 15) is 4.79 Å². The zero-order chi connectivity index (χ0) is 12.9. The predicted molar refractivity (Wildman–Crippen MR) is 69.5 cm³/mol. The fourth-order valence-electron chi connectivity index (χ4n) is 2.27. The molecule has 1 fully saturated rings. The Bertz CT molecular complexity index is 623. The summed E-state index contributed by atoms with van der Waals surface area (Å²) in [4.78, 5) is 13.0. The number of carboxylic acid groups (broad SMARTS) is 1.